The fourth-order valence-electron chi connectivity index (χ4n) is 5.20. The second kappa shape index (κ2) is 9.57. The largest absolute Gasteiger partial charge is 0.508 e. The van der Waals surface area contributed by atoms with E-state index in [0.717, 1.165) is 30.9 Å². The van der Waals surface area contributed by atoms with E-state index in [0.29, 0.717) is 12.2 Å². The molecule has 0 radical (unpaired) electrons. The van der Waals surface area contributed by atoms with Gasteiger partial charge in [0.15, 0.2) is 0 Å². The minimum atomic E-state index is -1.56. The number of hydrogen-bond acceptors (Lipinski definition) is 6. The Hall–Kier alpha value is -3.22. The first-order chi connectivity index (χ1) is 16.6. The summed E-state index contributed by atoms with van der Waals surface area (Å²) in [6, 6.07) is 19.7. The second-order valence-electron chi connectivity index (χ2n) is 9.15. The quantitative estimate of drug-likeness (QED) is 0.506. The van der Waals surface area contributed by atoms with Gasteiger partial charge in [0.25, 0.3) is 0 Å². The van der Waals surface area contributed by atoms with Crippen LogP contribution in [0.3, 0.4) is 0 Å². The monoisotopic (exact) mass is 461 g/mol. The van der Waals surface area contributed by atoms with E-state index in [1.807, 2.05) is 54.6 Å². The van der Waals surface area contributed by atoms with Gasteiger partial charge in [-0.15, -0.1) is 0 Å². The summed E-state index contributed by atoms with van der Waals surface area (Å²) >= 11 is 0. The highest BCUT2D eigenvalue weighted by Crippen LogP contribution is 2.53. The van der Waals surface area contributed by atoms with Gasteiger partial charge >= 0.3 is 0 Å². The highest BCUT2D eigenvalue weighted by Gasteiger charge is 2.48. The van der Waals surface area contributed by atoms with Gasteiger partial charge in [-0.25, -0.2) is 0 Å². The summed E-state index contributed by atoms with van der Waals surface area (Å²) in [5.74, 6) is 0.230. The molecule has 2 atom stereocenters. The summed E-state index contributed by atoms with van der Waals surface area (Å²) < 4.78 is 11.9. The van der Waals surface area contributed by atoms with Crippen molar-refractivity contribution in [2.75, 3.05) is 32.8 Å². The summed E-state index contributed by atoms with van der Waals surface area (Å²) in [6.45, 7) is 3.99. The summed E-state index contributed by atoms with van der Waals surface area (Å²) in [4.78, 5) is 2.43. The van der Waals surface area contributed by atoms with Gasteiger partial charge < -0.3 is 24.8 Å². The molecule has 2 heterocycles. The SMILES string of the molecule is Oc1cc(O)c2c(c1)OCC(c1ccccc1)C2(O)c1ccc(OCCN2CCCCC2)cc1. The lowest BCUT2D eigenvalue weighted by molar-refractivity contribution is 0.00830. The maximum atomic E-state index is 12.2. The Labute approximate surface area is 200 Å². The van der Waals surface area contributed by atoms with Crippen LogP contribution in [0.15, 0.2) is 66.7 Å². The third kappa shape index (κ3) is 4.31. The second-order valence-corrected chi connectivity index (χ2v) is 9.15. The molecule has 0 saturated carbocycles. The smallest absolute Gasteiger partial charge is 0.133 e. The van der Waals surface area contributed by atoms with E-state index in [4.69, 9.17) is 9.47 Å². The first-order valence-corrected chi connectivity index (χ1v) is 12.0. The molecule has 178 valence electrons. The molecule has 0 bridgehead atoms. The van der Waals surface area contributed by atoms with Gasteiger partial charge in [0.1, 0.15) is 35.2 Å². The van der Waals surface area contributed by atoms with E-state index in [1.54, 1.807) is 0 Å². The molecule has 5 rings (SSSR count). The molecule has 2 unspecified atom stereocenters. The number of benzene rings is 3. The Morgan fingerprint density at radius 2 is 1.68 bits per heavy atom. The van der Waals surface area contributed by atoms with Crippen LogP contribution in [-0.2, 0) is 5.60 Å². The molecule has 6 heteroatoms. The van der Waals surface area contributed by atoms with Gasteiger partial charge in [0.05, 0.1) is 18.1 Å². The van der Waals surface area contributed by atoms with E-state index in [9.17, 15) is 15.3 Å². The zero-order valence-corrected chi connectivity index (χ0v) is 19.2. The molecule has 6 nitrogen and oxygen atoms in total. The van der Waals surface area contributed by atoms with Crippen LogP contribution in [0.25, 0.3) is 0 Å². The van der Waals surface area contributed by atoms with E-state index >= 15 is 0 Å². The summed E-state index contributed by atoms with van der Waals surface area (Å²) in [6.07, 6.45) is 3.83. The molecule has 34 heavy (non-hydrogen) atoms. The minimum Gasteiger partial charge on any atom is -0.508 e. The average molecular weight is 462 g/mol. The fraction of sp³-hybridized carbons (Fsp3) is 0.357. The van der Waals surface area contributed by atoms with Gasteiger partial charge in [0, 0.05) is 18.7 Å². The van der Waals surface area contributed by atoms with Crippen LogP contribution in [-0.4, -0.2) is 53.1 Å². The summed E-state index contributed by atoms with van der Waals surface area (Å²) in [5, 5.41) is 33.0. The molecule has 3 N–H and O–H groups in total. The lowest BCUT2D eigenvalue weighted by Crippen LogP contribution is -2.41. The number of piperidine rings is 1. The molecule has 1 fully saturated rings. The molecule has 2 aliphatic heterocycles. The standard InChI is InChI=1S/C28H31NO5/c30-22-17-25(31)27-26(18-22)34-19-24(20-7-3-1-4-8-20)28(27,32)21-9-11-23(12-10-21)33-16-15-29-13-5-2-6-14-29/h1,3-4,7-12,17-18,24,30-32H,2,5-6,13-16,19H2. The molecule has 3 aromatic rings. The molecule has 0 amide bonds. The van der Waals surface area contributed by atoms with Gasteiger partial charge in [-0.1, -0.05) is 48.9 Å². The lowest BCUT2D eigenvalue weighted by Gasteiger charge is -2.42. The van der Waals surface area contributed by atoms with Crippen molar-refractivity contribution in [1.82, 2.24) is 4.90 Å². The van der Waals surface area contributed by atoms with Crippen molar-refractivity contribution in [3.63, 3.8) is 0 Å². The van der Waals surface area contributed by atoms with Crippen LogP contribution in [0.4, 0.5) is 0 Å². The highest BCUT2D eigenvalue weighted by molar-refractivity contribution is 5.59. The average Bonchev–Trinajstić information content (AvgIpc) is 2.85. The zero-order valence-electron chi connectivity index (χ0n) is 19.2. The number of phenolic OH excluding ortho intramolecular Hbond substituents is 2. The van der Waals surface area contributed by atoms with Crippen molar-refractivity contribution < 1.29 is 24.8 Å². The molecular weight excluding hydrogens is 430 g/mol. The first-order valence-electron chi connectivity index (χ1n) is 12.0. The number of rotatable bonds is 6. The maximum absolute atomic E-state index is 12.2. The molecular formula is C28H31NO5. The summed E-state index contributed by atoms with van der Waals surface area (Å²) in [7, 11) is 0. The number of nitrogens with zero attached hydrogens (tertiary/aromatic N) is 1. The predicted molar refractivity (Wildman–Crippen MR) is 130 cm³/mol. The molecule has 0 aromatic heterocycles. The van der Waals surface area contributed by atoms with E-state index in [2.05, 4.69) is 4.90 Å². The van der Waals surface area contributed by atoms with Crippen LogP contribution >= 0.6 is 0 Å². The van der Waals surface area contributed by atoms with Crippen molar-refractivity contribution in [2.24, 2.45) is 0 Å². The lowest BCUT2D eigenvalue weighted by atomic mass is 9.71. The van der Waals surface area contributed by atoms with Crippen LogP contribution in [0.5, 0.6) is 23.0 Å². The Balaban J connectivity index is 1.44. The number of aliphatic hydroxyl groups is 1. The maximum Gasteiger partial charge on any atom is 0.133 e. The van der Waals surface area contributed by atoms with Crippen molar-refractivity contribution in [3.8, 4) is 23.0 Å². The third-order valence-electron chi connectivity index (χ3n) is 6.98. The van der Waals surface area contributed by atoms with E-state index < -0.39 is 11.5 Å². The number of aromatic hydroxyl groups is 2. The van der Waals surface area contributed by atoms with Crippen LogP contribution in [0.2, 0.25) is 0 Å². The molecule has 3 aromatic carbocycles. The molecule has 0 spiro atoms. The van der Waals surface area contributed by atoms with Gasteiger partial charge in [-0.3, -0.25) is 4.90 Å². The minimum absolute atomic E-state index is 0.116. The fourth-order valence-corrected chi connectivity index (χ4v) is 5.20. The van der Waals surface area contributed by atoms with Gasteiger partial charge in [-0.2, -0.15) is 0 Å². The van der Waals surface area contributed by atoms with E-state index in [-0.39, 0.29) is 29.4 Å². The van der Waals surface area contributed by atoms with Crippen LogP contribution in [0, 0.1) is 0 Å². The first kappa shape index (κ1) is 22.6. The topological polar surface area (TPSA) is 82.4 Å². The van der Waals surface area contributed by atoms with Crippen molar-refractivity contribution in [3.05, 3.63) is 83.4 Å². The number of fused-ring (bicyclic) bond motifs is 1. The van der Waals surface area contributed by atoms with Crippen molar-refractivity contribution in [2.45, 2.75) is 30.8 Å². The Morgan fingerprint density at radius 1 is 0.941 bits per heavy atom. The third-order valence-corrected chi connectivity index (χ3v) is 6.98. The number of ether oxygens (including phenoxy) is 2. The molecule has 2 aliphatic rings. The molecule has 0 aliphatic carbocycles. The summed E-state index contributed by atoms with van der Waals surface area (Å²) in [5.41, 5.74) is 0.211. The Kier molecular flexibility index (Phi) is 6.35. The highest BCUT2D eigenvalue weighted by atomic mass is 16.5. The predicted octanol–water partition coefficient (Wildman–Crippen LogP) is 4.37. The Bertz CT molecular complexity index is 1110. The van der Waals surface area contributed by atoms with Gasteiger partial charge in [-0.05, 0) is 49.2 Å². The van der Waals surface area contributed by atoms with Crippen molar-refractivity contribution in [1.29, 1.82) is 0 Å². The van der Waals surface area contributed by atoms with E-state index in [1.165, 1.54) is 31.4 Å². The normalized spacial score (nSPS) is 22.6. The molecule has 1 saturated heterocycles. The van der Waals surface area contributed by atoms with Crippen LogP contribution in [0.1, 0.15) is 41.9 Å². The number of phenols is 2. The van der Waals surface area contributed by atoms with Crippen molar-refractivity contribution >= 4 is 0 Å². The Morgan fingerprint density at radius 3 is 2.41 bits per heavy atom. The van der Waals surface area contributed by atoms with Crippen LogP contribution < -0.4 is 9.47 Å². The number of hydrogen-bond donors (Lipinski definition) is 3. The van der Waals surface area contributed by atoms with Gasteiger partial charge in [0.2, 0.25) is 0 Å². The zero-order chi connectivity index (χ0) is 23.5. The number of likely N-dealkylation sites (tertiary alicyclic amines) is 1.